The highest BCUT2D eigenvalue weighted by molar-refractivity contribution is 6.01. The number of hydrogen-bond donors (Lipinski definition) is 1. The Morgan fingerprint density at radius 3 is 2.53 bits per heavy atom. The molecule has 0 bridgehead atoms. The lowest BCUT2D eigenvalue weighted by atomic mass is 10.1. The van der Waals surface area contributed by atoms with Crippen molar-refractivity contribution < 1.29 is 19.1 Å². The van der Waals surface area contributed by atoms with Crippen molar-refractivity contribution in [3.05, 3.63) is 59.7 Å². The van der Waals surface area contributed by atoms with Crippen molar-refractivity contribution in [2.75, 3.05) is 32.1 Å². The van der Waals surface area contributed by atoms with Crippen LogP contribution in [0.5, 0.6) is 11.5 Å². The smallest absolute Gasteiger partial charge is 0.264 e. The van der Waals surface area contributed by atoms with E-state index in [1.165, 1.54) is 13.2 Å². The Balaban J connectivity index is 1.67. The van der Waals surface area contributed by atoms with E-state index in [0.717, 1.165) is 12.8 Å². The third kappa shape index (κ3) is 5.39. The van der Waals surface area contributed by atoms with Gasteiger partial charge in [-0.25, -0.2) is 0 Å². The maximum absolute atomic E-state index is 12.5. The Labute approximate surface area is 175 Å². The second-order valence-corrected chi connectivity index (χ2v) is 6.78. The Hall–Kier alpha value is -3.79. The molecule has 0 spiro atoms. The van der Waals surface area contributed by atoms with Crippen LogP contribution in [-0.2, 0) is 9.59 Å². The minimum atomic E-state index is -0.296. The van der Waals surface area contributed by atoms with Gasteiger partial charge < -0.3 is 19.7 Å². The number of rotatable bonds is 7. The topological polar surface area (TPSA) is 91.7 Å². The number of anilines is 1. The van der Waals surface area contributed by atoms with Gasteiger partial charge in [0.2, 0.25) is 0 Å². The number of hydrogen-bond acceptors (Lipinski definition) is 5. The van der Waals surface area contributed by atoms with Crippen LogP contribution >= 0.6 is 0 Å². The maximum Gasteiger partial charge on any atom is 0.264 e. The van der Waals surface area contributed by atoms with E-state index in [1.807, 2.05) is 24.3 Å². The molecule has 0 aliphatic carbocycles. The van der Waals surface area contributed by atoms with Crippen LogP contribution in [0.3, 0.4) is 0 Å². The standard InChI is InChI=1S/C23H23N3O4/c1-29-21-14-17(13-18(15-24)23(28)26-11-5-6-12-26)9-10-20(21)30-16-22(27)25-19-7-3-2-4-8-19/h2-4,7-10,13-14H,5-6,11-12,16H2,1H3,(H,25,27)/b18-13+. The van der Waals surface area contributed by atoms with Crippen molar-refractivity contribution in [1.29, 1.82) is 5.26 Å². The molecular weight excluding hydrogens is 382 g/mol. The van der Waals surface area contributed by atoms with Gasteiger partial charge in [0.25, 0.3) is 11.8 Å². The van der Waals surface area contributed by atoms with Gasteiger partial charge in [-0.2, -0.15) is 5.26 Å². The zero-order valence-electron chi connectivity index (χ0n) is 16.8. The van der Waals surface area contributed by atoms with E-state index in [9.17, 15) is 14.9 Å². The van der Waals surface area contributed by atoms with E-state index in [4.69, 9.17) is 9.47 Å². The maximum atomic E-state index is 12.5. The van der Waals surface area contributed by atoms with Crippen molar-refractivity contribution in [2.45, 2.75) is 12.8 Å². The van der Waals surface area contributed by atoms with Gasteiger partial charge in [0.1, 0.15) is 11.6 Å². The summed E-state index contributed by atoms with van der Waals surface area (Å²) in [5, 5.41) is 12.1. The molecular formula is C23H23N3O4. The first kappa shape index (κ1) is 20.9. The number of amides is 2. The summed E-state index contributed by atoms with van der Waals surface area (Å²) in [5.41, 5.74) is 1.40. The van der Waals surface area contributed by atoms with Crippen molar-refractivity contribution in [1.82, 2.24) is 4.90 Å². The highest BCUT2D eigenvalue weighted by atomic mass is 16.5. The Morgan fingerprint density at radius 1 is 1.13 bits per heavy atom. The molecule has 1 heterocycles. The van der Waals surface area contributed by atoms with Crippen LogP contribution in [0.4, 0.5) is 5.69 Å². The average Bonchev–Trinajstić information content (AvgIpc) is 3.31. The zero-order valence-corrected chi connectivity index (χ0v) is 16.8. The molecule has 1 aliphatic rings. The molecule has 0 radical (unpaired) electrons. The van der Waals surface area contributed by atoms with Crippen LogP contribution < -0.4 is 14.8 Å². The van der Waals surface area contributed by atoms with E-state index in [2.05, 4.69) is 5.32 Å². The first-order valence-electron chi connectivity index (χ1n) is 9.67. The van der Waals surface area contributed by atoms with Gasteiger partial charge in [0, 0.05) is 18.8 Å². The predicted molar refractivity (Wildman–Crippen MR) is 113 cm³/mol. The molecule has 0 saturated carbocycles. The quantitative estimate of drug-likeness (QED) is 0.564. The molecule has 154 valence electrons. The normalized spacial score (nSPS) is 13.5. The largest absolute Gasteiger partial charge is 0.493 e. The molecule has 1 aliphatic heterocycles. The van der Waals surface area contributed by atoms with Crippen LogP contribution in [0.2, 0.25) is 0 Å². The summed E-state index contributed by atoms with van der Waals surface area (Å²) in [5.74, 6) is 0.242. The highest BCUT2D eigenvalue weighted by Crippen LogP contribution is 2.29. The summed E-state index contributed by atoms with van der Waals surface area (Å²) in [7, 11) is 1.49. The van der Waals surface area contributed by atoms with Crippen LogP contribution in [0.1, 0.15) is 18.4 Å². The number of carbonyl (C=O) groups excluding carboxylic acids is 2. The summed E-state index contributed by atoms with van der Waals surface area (Å²) in [6.07, 6.45) is 3.46. The number of nitrogens with one attached hydrogen (secondary N) is 1. The number of ether oxygens (including phenoxy) is 2. The number of methoxy groups -OCH3 is 1. The molecule has 7 nitrogen and oxygen atoms in total. The molecule has 3 rings (SSSR count). The fraction of sp³-hybridized carbons (Fsp3) is 0.261. The monoisotopic (exact) mass is 405 g/mol. The third-order valence-corrected chi connectivity index (χ3v) is 4.66. The van der Waals surface area contributed by atoms with Gasteiger partial charge >= 0.3 is 0 Å². The molecule has 1 N–H and O–H groups in total. The molecule has 2 aromatic rings. The number of likely N-dealkylation sites (tertiary alicyclic amines) is 1. The lowest BCUT2D eigenvalue weighted by Crippen LogP contribution is -2.28. The summed E-state index contributed by atoms with van der Waals surface area (Å²) in [6, 6.07) is 16.1. The number of nitriles is 1. The summed E-state index contributed by atoms with van der Waals surface area (Å²) < 4.78 is 10.9. The number of para-hydroxylation sites is 1. The van der Waals surface area contributed by atoms with E-state index >= 15 is 0 Å². The average molecular weight is 405 g/mol. The Morgan fingerprint density at radius 2 is 1.87 bits per heavy atom. The molecule has 0 aromatic heterocycles. The second-order valence-electron chi connectivity index (χ2n) is 6.78. The van der Waals surface area contributed by atoms with Gasteiger partial charge in [-0.05, 0) is 48.7 Å². The minimum Gasteiger partial charge on any atom is -0.493 e. The van der Waals surface area contributed by atoms with Gasteiger partial charge in [-0.1, -0.05) is 24.3 Å². The molecule has 2 aromatic carbocycles. The molecule has 2 amide bonds. The first-order valence-corrected chi connectivity index (χ1v) is 9.67. The van der Waals surface area contributed by atoms with Gasteiger partial charge in [0.15, 0.2) is 18.1 Å². The van der Waals surface area contributed by atoms with Gasteiger partial charge in [-0.3, -0.25) is 9.59 Å². The number of nitrogens with zero attached hydrogens (tertiary/aromatic N) is 2. The predicted octanol–water partition coefficient (Wildman–Crippen LogP) is 3.24. The second kappa shape index (κ2) is 10.1. The fourth-order valence-corrected chi connectivity index (χ4v) is 3.15. The summed E-state index contributed by atoms with van der Waals surface area (Å²) in [6.45, 7) is 1.18. The minimum absolute atomic E-state index is 0.0786. The van der Waals surface area contributed by atoms with Crippen molar-refractivity contribution in [3.63, 3.8) is 0 Å². The van der Waals surface area contributed by atoms with Crippen molar-refractivity contribution in [3.8, 4) is 17.6 Å². The Kier molecular flexibility index (Phi) is 7.06. The molecule has 7 heteroatoms. The zero-order chi connectivity index (χ0) is 21.3. The SMILES string of the molecule is COc1cc(/C=C(\C#N)C(=O)N2CCCC2)ccc1OCC(=O)Nc1ccccc1. The van der Waals surface area contributed by atoms with Crippen LogP contribution in [0.15, 0.2) is 54.1 Å². The fourth-order valence-electron chi connectivity index (χ4n) is 3.15. The first-order chi connectivity index (χ1) is 14.6. The molecule has 0 unspecified atom stereocenters. The van der Waals surface area contributed by atoms with Gasteiger partial charge in [0.05, 0.1) is 7.11 Å². The van der Waals surface area contributed by atoms with E-state index in [-0.39, 0.29) is 24.0 Å². The van der Waals surface area contributed by atoms with Crippen LogP contribution in [-0.4, -0.2) is 43.5 Å². The third-order valence-electron chi connectivity index (χ3n) is 4.66. The molecule has 0 atom stereocenters. The molecule has 1 fully saturated rings. The van der Waals surface area contributed by atoms with Crippen LogP contribution in [0, 0.1) is 11.3 Å². The van der Waals surface area contributed by atoms with Crippen molar-refractivity contribution >= 4 is 23.6 Å². The number of carbonyl (C=O) groups is 2. The number of benzene rings is 2. The van der Waals surface area contributed by atoms with Crippen LogP contribution in [0.25, 0.3) is 6.08 Å². The summed E-state index contributed by atoms with van der Waals surface area (Å²) in [4.78, 5) is 26.2. The molecule has 30 heavy (non-hydrogen) atoms. The van der Waals surface area contributed by atoms with Crippen molar-refractivity contribution in [2.24, 2.45) is 0 Å². The Bertz CT molecular complexity index is 974. The summed E-state index contributed by atoms with van der Waals surface area (Å²) >= 11 is 0. The van der Waals surface area contributed by atoms with Gasteiger partial charge in [-0.15, -0.1) is 0 Å². The van der Waals surface area contributed by atoms with E-state index in [0.29, 0.717) is 35.8 Å². The van der Waals surface area contributed by atoms with E-state index in [1.54, 1.807) is 35.2 Å². The lowest BCUT2D eigenvalue weighted by molar-refractivity contribution is -0.125. The highest BCUT2D eigenvalue weighted by Gasteiger charge is 2.21. The van der Waals surface area contributed by atoms with E-state index < -0.39 is 0 Å². The lowest BCUT2D eigenvalue weighted by Gasteiger charge is -2.14. The molecule has 1 saturated heterocycles.